The zero-order valence-electron chi connectivity index (χ0n) is 12.6. The molecule has 1 aromatic rings. The van der Waals surface area contributed by atoms with E-state index < -0.39 is 0 Å². The number of Topliss-reactive ketones (excluding diaryl/α,β-unsaturated/α-hetero) is 1. The summed E-state index contributed by atoms with van der Waals surface area (Å²) in [5, 5.41) is 0. The zero-order valence-corrected chi connectivity index (χ0v) is 12.6. The average Bonchev–Trinajstić information content (AvgIpc) is 2.50. The van der Waals surface area contributed by atoms with Crippen molar-refractivity contribution in [3.63, 3.8) is 0 Å². The van der Waals surface area contributed by atoms with Crippen LogP contribution in [0.15, 0.2) is 18.2 Å². The second-order valence-electron chi connectivity index (χ2n) is 6.29. The van der Waals surface area contributed by atoms with Gasteiger partial charge in [0, 0.05) is 37.0 Å². The number of benzene rings is 1. The second kappa shape index (κ2) is 5.78. The Morgan fingerprint density at radius 3 is 2.81 bits per heavy atom. The van der Waals surface area contributed by atoms with Crippen LogP contribution >= 0.6 is 0 Å². The minimum atomic E-state index is -0.157. The SMILES string of the molecule is Cc1ccc(N)c(C(=O)C2CCOC3(CCOCC3)C2)c1. The Morgan fingerprint density at radius 1 is 1.29 bits per heavy atom. The molecule has 0 saturated carbocycles. The van der Waals surface area contributed by atoms with Crippen molar-refractivity contribution in [3.8, 4) is 0 Å². The maximum absolute atomic E-state index is 12.8. The summed E-state index contributed by atoms with van der Waals surface area (Å²) < 4.78 is 11.4. The first-order chi connectivity index (χ1) is 10.1. The van der Waals surface area contributed by atoms with Crippen molar-refractivity contribution in [3.05, 3.63) is 29.3 Å². The van der Waals surface area contributed by atoms with Gasteiger partial charge in [0.15, 0.2) is 5.78 Å². The molecule has 21 heavy (non-hydrogen) atoms. The fourth-order valence-electron chi connectivity index (χ4n) is 3.45. The van der Waals surface area contributed by atoms with Crippen LogP contribution in [0.2, 0.25) is 0 Å². The molecule has 1 aromatic carbocycles. The second-order valence-corrected chi connectivity index (χ2v) is 6.29. The molecular weight excluding hydrogens is 266 g/mol. The van der Waals surface area contributed by atoms with Crippen LogP contribution in [0.25, 0.3) is 0 Å². The Balaban J connectivity index is 1.79. The number of carbonyl (C=O) groups is 1. The Bertz CT molecular complexity index is 529. The van der Waals surface area contributed by atoms with Crippen LogP contribution in [0.5, 0.6) is 0 Å². The van der Waals surface area contributed by atoms with E-state index in [4.69, 9.17) is 15.2 Å². The normalized spacial score (nSPS) is 24.9. The fourth-order valence-corrected chi connectivity index (χ4v) is 3.45. The lowest BCUT2D eigenvalue weighted by Crippen LogP contribution is -2.46. The fraction of sp³-hybridized carbons (Fsp3) is 0.588. The highest BCUT2D eigenvalue weighted by atomic mass is 16.5. The largest absolute Gasteiger partial charge is 0.398 e. The Kier molecular flexibility index (Phi) is 4.00. The molecule has 0 radical (unpaired) electrons. The van der Waals surface area contributed by atoms with Crippen molar-refractivity contribution in [2.24, 2.45) is 5.92 Å². The number of aryl methyl sites for hydroxylation is 1. The van der Waals surface area contributed by atoms with Crippen molar-refractivity contribution < 1.29 is 14.3 Å². The maximum atomic E-state index is 12.8. The third-order valence-corrected chi connectivity index (χ3v) is 4.74. The first kappa shape index (κ1) is 14.5. The summed E-state index contributed by atoms with van der Waals surface area (Å²) in [6, 6.07) is 5.67. The summed E-state index contributed by atoms with van der Waals surface area (Å²) in [4.78, 5) is 12.8. The predicted octanol–water partition coefficient (Wildman–Crippen LogP) is 2.74. The van der Waals surface area contributed by atoms with E-state index in [1.165, 1.54) is 0 Å². The molecular formula is C17H23NO3. The van der Waals surface area contributed by atoms with Crippen LogP contribution < -0.4 is 5.73 Å². The van der Waals surface area contributed by atoms with Gasteiger partial charge in [-0.2, -0.15) is 0 Å². The van der Waals surface area contributed by atoms with Gasteiger partial charge in [-0.3, -0.25) is 4.79 Å². The summed E-state index contributed by atoms with van der Waals surface area (Å²) >= 11 is 0. The monoisotopic (exact) mass is 289 g/mol. The van der Waals surface area contributed by atoms with Gasteiger partial charge in [-0.15, -0.1) is 0 Å². The predicted molar refractivity (Wildman–Crippen MR) is 81.4 cm³/mol. The maximum Gasteiger partial charge on any atom is 0.168 e. The molecule has 1 spiro atoms. The van der Waals surface area contributed by atoms with Gasteiger partial charge in [-0.05, 0) is 44.7 Å². The topological polar surface area (TPSA) is 61.6 Å². The van der Waals surface area contributed by atoms with E-state index >= 15 is 0 Å². The summed E-state index contributed by atoms with van der Waals surface area (Å²) in [6.45, 7) is 4.10. The van der Waals surface area contributed by atoms with Gasteiger partial charge in [0.25, 0.3) is 0 Å². The van der Waals surface area contributed by atoms with E-state index in [9.17, 15) is 4.79 Å². The van der Waals surface area contributed by atoms with E-state index in [-0.39, 0.29) is 17.3 Å². The van der Waals surface area contributed by atoms with E-state index in [1.807, 2.05) is 25.1 Å². The van der Waals surface area contributed by atoms with Crippen molar-refractivity contribution in [2.75, 3.05) is 25.6 Å². The van der Waals surface area contributed by atoms with Crippen molar-refractivity contribution >= 4 is 11.5 Å². The molecule has 3 rings (SSSR count). The van der Waals surface area contributed by atoms with Crippen LogP contribution in [0.4, 0.5) is 5.69 Å². The van der Waals surface area contributed by atoms with Crippen LogP contribution in [-0.4, -0.2) is 31.2 Å². The molecule has 2 N–H and O–H groups in total. The number of hydrogen-bond donors (Lipinski definition) is 1. The molecule has 4 nitrogen and oxygen atoms in total. The van der Waals surface area contributed by atoms with Crippen molar-refractivity contribution in [1.82, 2.24) is 0 Å². The van der Waals surface area contributed by atoms with E-state index in [2.05, 4.69) is 0 Å². The number of carbonyl (C=O) groups excluding carboxylic acids is 1. The lowest BCUT2D eigenvalue weighted by Gasteiger charge is -2.43. The highest BCUT2D eigenvalue weighted by molar-refractivity contribution is 6.02. The number of nitrogens with two attached hydrogens (primary N) is 1. The van der Waals surface area contributed by atoms with Gasteiger partial charge in [0.1, 0.15) is 0 Å². The standard InChI is InChI=1S/C17H23NO3/c1-12-2-3-15(18)14(10-12)16(19)13-4-7-21-17(11-13)5-8-20-9-6-17/h2-3,10,13H,4-9,11,18H2,1H3. The molecule has 0 amide bonds. The van der Waals surface area contributed by atoms with E-state index in [1.54, 1.807) is 0 Å². The van der Waals surface area contributed by atoms with Crippen molar-refractivity contribution in [1.29, 1.82) is 0 Å². The van der Waals surface area contributed by atoms with Crippen LogP contribution in [-0.2, 0) is 9.47 Å². The average molecular weight is 289 g/mol. The number of ether oxygens (including phenoxy) is 2. The summed E-state index contributed by atoms with van der Waals surface area (Å²) in [6.07, 6.45) is 3.36. The Morgan fingerprint density at radius 2 is 2.05 bits per heavy atom. The molecule has 2 aliphatic heterocycles. The minimum Gasteiger partial charge on any atom is -0.398 e. The molecule has 0 aliphatic carbocycles. The van der Waals surface area contributed by atoms with Gasteiger partial charge >= 0.3 is 0 Å². The zero-order chi connectivity index (χ0) is 14.9. The Hall–Kier alpha value is -1.39. The first-order valence-electron chi connectivity index (χ1n) is 7.72. The summed E-state index contributed by atoms with van der Waals surface area (Å²) in [5.74, 6) is 0.186. The molecule has 1 unspecified atom stereocenters. The van der Waals surface area contributed by atoms with E-state index in [0.717, 1.165) is 44.5 Å². The highest BCUT2D eigenvalue weighted by Crippen LogP contribution is 2.38. The lowest BCUT2D eigenvalue weighted by atomic mass is 9.77. The summed E-state index contributed by atoms with van der Waals surface area (Å²) in [7, 11) is 0. The number of nitrogen functional groups attached to an aromatic ring is 1. The molecule has 114 valence electrons. The molecule has 2 heterocycles. The van der Waals surface area contributed by atoms with Crippen LogP contribution in [0, 0.1) is 12.8 Å². The quantitative estimate of drug-likeness (QED) is 0.671. The number of ketones is 1. The molecule has 4 heteroatoms. The van der Waals surface area contributed by atoms with E-state index in [0.29, 0.717) is 17.9 Å². The highest BCUT2D eigenvalue weighted by Gasteiger charge is 2.41. The van der Waals surface area contributed by atoms with Gasteiger partial charge in [0.2, 0.25) is 0 Å². The molecule has 2 saturated heterocycles. The first-order valence-corrected chi connectivity index (χ1v) is 7.72. The minimum absolute atomic E-state index is 0.0148. The molecule has 2 fully saturated rings. The number of rotatable bonds is 2. The molecule has 0 aromatic heterocycles. The van der Waals surface area contributed by atoms with Crippen LogP contribution in [0.1, 0.15) is 41.6 Å². The van der Waals surface area contributed by atoms with Crippen LogP contribution in [0.3, 0.4) is 0 Å². The molecule has 1 atom stereocenters. The van der Waals surface area contributed by atoms with Crippen molar-refractivity contribution in [2.45, 2.75) is 38.2 Å². The third kappa shape index (κ3) is 2.97. The molecule has 0 bridgehead atoms. The van der Waals surface area contributed by atoms with Gasteiger partial charge < -0.3 is 15.2 Å². The summed E-state index contributed by atoms with van der Waals surface area (Å²) in [5.41, 5.74) is 8.16. The smallest absolute Gasteiger partial charge is 0.168 e. The lowest BCUT2D eigenvalue weighted by molar-refractivity contribution is -0.142. The van der Waals surface area contributed by atoms with Gasteiger partial charge in [0.05, 0.1) is 5.60 Å². The third-order valence-electron chi connectivity index (χ3n) is 4.74. The number of hydrogen-bond acceptors (Lipinski definition) is 4. The van der Waals surface area contributed by atoms with Gasteiger partial charge in [-0.25, -0.2) is 0 Å². The Labute approximate surface area is 125 Å². The molecule has 2 aliphatic rings. The van der Waals surface area contributed by atoms with Gasteiger partial charge in [-0.1, -0.05) is 11.6 Å². The number of anilines is 1.